The molecule has 2 unspecified atom stereocenters. The molecule has 0 aromatic carbocycles. The van der Waals surface area contributed by atoms with Gasteiger partial charge in [-0.2, -0.15) is 0 Å². The molecule has 0 saturated carbocycles. The molecule has 20 heavy (non-hydrogen) atoms. The molecule has 1 aromatic rings. The summed E-state index contributed by atoms with van der Waals surface area (Å²) < 4.78 is 6.50. The van der Waals surface area contributed by atoms with Crippen molar-refractivity contribution in [1.82, 2.24) is 9.88 Å². The maximum atomic E-state index is 5.71. The van der Waals surface area contributed by atoms with E-state index in [-0.39, 0.29) is 12.2 Å². The summed E-state index contributed by atoms with van der Waals surface area (Å²) in [5, 5.41) is 8.52. The SMILES string of the molecule is C/C(=N/N=C(\[Se])N1CC(C)OC(C)C1)c1ccccn1. The van der Waals surface area contributed by atoms with Crippen molar-refractivity contribution in [3.05, 3.63) is 30.1 Å². The minimum atomic E-state index is 0.207. The minimum absolute atomic E-state index is 0.207. The third-order valence-electron chi connectivity index (χ3n) is 3.01. The standard InChI is InChI=1S/C14H19N4OSe/c1-10-8-18(9-11(2)19-10)14(20)17-16-12(3)13-6-4-5-7-15-13/h4-7,10-11H,8-9H2,1-3H3/b16-12-,17-14-. The Labute approximate surface area is 127 Å². The van der Waals surface area contributed by atoms with Crippen LogP contribution >= 0.6 is 0 Å². The summed E-state index contributed by atoms with van der Waals surface area (Å²) in [6, 6.07) is 5.75. The van der Waals surface area contributed by atoms with Gasteiger partial charge in [-0.15, -0.1) is 0 Å². The third kappa shape index (κ3) is 4.13. The van der Waals surface area contributed by atoms with Crippen LogP contribution in [0.4, 0.5) is 0 Å². The topological polar surface area (TPSA) is 50.1 Å². The number of ether oxygens (including phenoxy) is 1. The molecule has 0 spiro atoms. The summed E-state index contributed by atoms with van der Waals surface area (Å²) in [6.07, 6.45) is 2.17. The van der Waals surface area contributed by atoms with Gasteiger partial charge in [0.2, 0.25) is 0 Å². The van der Waals surface area contributed by atoms with Crippen LogP contribution in [0.25, 0.3) is 0 Å². The average Bonchev–Trinajstić information content (AvgIpc) is 2.44. The first-order valence-corrected chi connectivity index (χ1v) is 7.53. The van der Waals surface area contributed by atoms with Gasteiger partial charge in [0.05, 0.1) is 0 Å². The fourth-order valence-electron chi connectivity index (χ4n) is 2.14. The molecule has 1 saturated heterocycles. The van der Waals surface area contributed by atoms with Crippen LogP contribution in [-0.4, -0.2) is 61.6 Å². The zero-order chi connectivity index (χ0) is 14.5. The van der Waals surface area contributed by atoms with Crippen molar-refractivity contribution >= 4 is 26.5 Å². The number of pyridine rings is 1. The Balaban J connectivity index is 2.06. The molecule has 0 N–H and O–H groups in total. The molecule has 0 amide bonds. The fourth-order valence-corrected chi connectivity index (χ4v) is 2.54. The van der Waals surface area contributed by atoms with Gasteiger partial charge in [0.1, 0.15) is 0 Å². The molecule has 5 nitrogen and oxygen atoms in total. The predicted molar refractivity (Wildman–Crippen MR) is 81.2 cm³/mol. The van der Waals surface area contributed by atoms with Crippen LogP contribution in [0.3, 0.4) is 0 Å². The second-order valence-corrected chi connectivity index (χ2v) is 5.71. The summed E-state index contributed by atoms with van der Waals surface area (Å²) >= 11 is 2.99. The summed E-state index contributed by atoms with van der Waals surface area (Å²) in [4.78, 5) is 6.41. The monoisotopic (exact) mass is 339 g/mol. The molecular formula is C14H19N4OSe. The number of hydrogen-bond donors (Lipinski definition) is 0. The van der Waals surface area contributed by atoms with Crippen LogP contribution in [0.5, 0.6) is 0 Å². The Morgan fingerprint density at radius 1 is 1.30 bits per heavy atom. The van der Waals surface area contributed by atoms with E-state index in [0.29, 0.717) is 0 Å². The van der Waals surface area contributed by atoms with Crippen molar-refractivity contribution in [1.29, 1.82) is 0 Å². The van der Waals surface area contributed by atoms with Gasteiger partial charge in [-0.25, -0.2) is 0 Å². The van der Waals surface area contributed by atoms with Gasteiger partial charge in [-0.1, -0.05) is 0 Å². The van der Waals surface area contributed by atoms with Crippen molar-refractivity contribution in [2.75, 3.05) is 13.1 Å². The van der Waals surface area contributed by atoms with Crippen molar-refractivity contribution in [2.45, 2.75) is 33.0 Å². The van der Waals surface area contributed by atoms with Crippen LogP contribution < -0.4 is 0 Å². The van der Waals surface area contributed by atoms with E-state index in [2.05, 4.69) is 49.9 Å². The van der Waals surface area contributed by atoms with Crippen LogP contribution in [0, 0.1) is 0 Å². The first-order valence-electron chi connectivity index (χ1n) is 6.67. The van der Waals surface area contributed by atoms with Gasteiger partial charge >= 0.3 is 127 Å². The second kappa shape index (κ2) is 6.97. The van der Waals surface area contributed by atoms with Gasteiger partial charge in [-0.05, 0) is 0 Å². The average molecular weight is 338 g/mol. The normalized spacial score (nSPS) is 24.9. The zero-order valence-electron chi connectivity index (χ0n) is 12.0. The van der Waals surface area contributed by atoms with Crippen molar-refractivity contribution in [2.24, 2.45) is 10.2 Å². The van der Waals surface area contributed by atoms with Crippen molar-refractivity contribution in [3.63, 3.8) is 0 Å². The molecule has 2 heterocycles. The molecule has 1 aromatic heterocycles. The molecule has 107 valence electrons. The quantitative estimate of drug-likeness (QED) is 0.355. The maximum absolute atomic E-state index is 5.71. The Morgan fingerprint density at radius 3 is 2.60 bits per heavy atom. The van der Waals surface area contributed by atoms with Crippen LogP contribution in [-0.2, 0) is 4.74 Å². The number of nitrogens with zero attached hydrogens (tertiary/aromatic N) is 4. The number of rotatable bonds is 2. The van der Waals surface area contributed by atoms with Gasteiger partial charge in [-0.3, -0.25) is 0 Å². The first kappa shape index (κ1) is 15.2. The molecule has 1 fully saturated rings. The molecule has 2 rings (SSSR count). The van der Waals surface area contributed by atoms with Gasteiger partial charge in [0.25, 0.3) is 0 Å². The Morgan fingerprint density at radius 2 is 2.00 bits per heavy atom. The van der Waals surface area contributed by atoms with E-state index in [9.17, 15) is 0 Å². The molecule has 6 heteroatoms. The zero-order valence-corrected chi connectivity index (χ0v) is 13.7. The van der Waals surface area contributed by atoms with Crippen molar-refractivity contribution < 1.29 is 4.74 Å². The van der Waals surface area contributed by atoms with Crippen LogP contribution in [0.2, 0.25) is 0 Å². The molecule has 1 radical (unpaired) electrons. The van der Waals surface area contributed by atoms with Crippen LogP contribution in [0.1, 0.15) is 26.5 Å². The van der Waals surface area contributed by atoms with E-state index < -0.39 is 0 Å². The molecule has 2 atom stereocenters. The number of amidine groups is 1. The van der Waals surface area contributed by atoms with E-state index in [4.69, 9.17) is 4.74 Å². The predicted octanol–water partition coefficient (Wildman–Crippen LogP) is 1.44. The molecule has 0 aliphatic carbocycles. The molecule has 0 bridgehead atoms. The van der Waals surface area contributed by atoms with Gasteiger partial charge in [0.15, 0.2) is 0 Å². The van der Waals surface area contributed by atoms with Gasteiger partial charge in [0, 0.05) is 0 Å². The van der Waals surface area contributed by atoms with Crippen LogP contribution in [0.15, 0.2) is 34.6 Å². The molecule has 1 aliphatic heterocycles. The van der Waals surface area contributed by atoms with Crippen molar-refractivity contribution in [3.8, 4) is 0 Å². The van der Waals surface area contributed by atoms with E-state index in [1.807, 2.05) is 25.1 Å². The number of aromatic nitrogens is 1. The van der Waals surface area contributed by atoms with E-state index in [1.165, 1.54) is 0 Å². The van der Waals surface area contributed by atoms with E-state index in [1.54, 1.807) is 6.20 Å². The number of hydrogen-bond acceptors (Lipinski definition) is 4. The summed E-state index contributed by atoms with van der Waals surface area (Å²) in [5.41, 5.74) is 1.64. The summed E-state index contributed by atoms with van der Waals surface area (Å²) in [6.45, 7) is 7.70. The molecular weight excluding hydrogens is 319 g/mol. The fraction of sp³-hybridized carbons (Fsp3) is 0.500. The third-order valence-corrected chi connectivity index (χ3v) is 3.72. The number of morpholine rings is 1. The molecule has 1 aliphatic rings. The van der Waals surface area contributed by atoms with E-state index in [0.717, 1.165) is 29.2 Å². The summed E-state index contributed by atoms with van der Waals surface area (Å²) in [5.74, 6) is 0. The Hall–Kier alpha value is -1.23. The Kier molecular flexibility index (Phi) is 5.29. The van der Waals surface area contributed by atoms with Gasteiger partial charge < -0.3 is 0 Å². The second-order valence-electron chi connectivity index (χ2n) is 4.95. The van der Waals surface area contributed by atoms with E-state index >= 15 is 0 Å². The Bertz CT molecular complexity index is 493. The summed E-state index contributed by atoms with van der Waals surface area (Å²) in [7, 11) is 0. The first-order chi connectivity index (χ1) is 9.56.